The maximum absolute atomic E-state index is 9.65. The Bertz CT molecular complexity index is 452. The van der Waals surface area contributed by atoms with E-state index in [-0.39, 0.29) is 5.54 Å². The second-order valence-electron chi connectivity index (χ2n) is 5.07. The lowest BCUT2D eigenvalue weighted by atomic mass is 9.72. The first-order chi connectivity index (χ1) is 8.70. The van der Waals surface area contributed by atoms with Crippen LogP contribution in [0.1, 0.15) is 39.0 Å². The molecule has 1 saturated carbocycles. The van der Waals surface area contributed by atoms with E-state index in [1.807, 2.05) is 24.3 Å². The second kappa shape index (κ2) is 5.75. The monoisotopic (exact) mass is 306 g/mol. The average molecular weight is 307 g/mol. The fourth-order valence-corrected chi connectivity index (χ4v) is 3.36. The maximum atomic E-state index is 9.65. The Morgan fingerprint density at radius 1 is 1.50 bits per heavy atom. The molecule has 1 aliphatic rings. The van der Waals surface area contributed by atoms with Crippen molar-refractivity contribution in [2.45, 2.75) is 44.6 Å². The third-order valence-corrected chi connectivity index (χ3v) is 4.45. The minimum atomic E-state index is -0.381. The molecule has 0 saturated heterocycles. The number of halogens is 1. The van der Waals surface area contributed by atoms with Crippen molar-refractivity contribution in [3.05, 3.63) is 28.7 Å². The standard InChI is InChI=1S/C15H19BrN2/c1-2-12-6-3-4-9-15(12,11-17)18-14-8-5-7-13(16)10-14/h5,7-8,10,12,18H,2-4,6,9H2,1H3. The molecule has 2 atom stereocenters. The van der Waals surface area contributed by atoms with E-state index in [9.17, 15) is 5.26 Å². The van der Waals surface area contributed by atoms with Gasteiger partial charge in [-0.2, -0.15) is 5.26 Å². The summed E-state index contributed by atoms with van der Waals surface area (Å²) in [6, 6.07) is 10.6. The molecule has 1 aromatic carbocycles. The van der Waals surface area contributed by atoms with Crippen LogP contribution in [0, 0.1) is 17.2 Å². The Labute approximate surface area is 118 Å². The quantitative estimate of drug-likeness (QED) is 0.876. The minimum absolute atomic E-state index is 0.381. The lowest BCUT2D eigenvalue weighted by Gasteiger charge is -2.40. The Morgan fingerprint density at radius 2 is 2.33 bits per heavy atom. The molecule has 0 amide bonds. The lowest BCUT2D eigenvalue weighted by Crippen LogP contribution is -2.46. The molecular weight excluding hydrogens is 288 g/mol. The predicted octanol–water partition coefficient (Wildman–Crippen LogP) is 4.72. The first kappa shape index (κ1) is 13.4. The molecule has 18 heavy (non-hydrogen) atoms. The minimum Gasteiger partial charge on any atom is -0.367 e. The van der Waals surface area contributed by atoms with Crippen molar-refractivity contribution in [1.29, 1.82) is 5.26 Å². The van der Waals surface area contributed by atoms with Gasteiger partial charge in [-0.1, -0.05) is 48.2 Å². The van der Waals surface area contributed by atoms with E-state index < -0.39 is 0 Å². The highest BCUT2D eigenvalue weighted by Gasteiger charge is 2.40. The molecule has 1 N–H and O–H groups in total. The summed E-state index contributed by atoms with van der Waals surface area (Å²) in [5, 5.41) is 13.1. The van der Waals surface area contributed by atoms with Crippen LogP contribution in [0.5, 0.6) is 0 Å². The molecule has 2 rings (SSSR count). The van der Waals surface area contributed by atoms with Gasteiger partial charge in [0.1, 0.15) is 5.54 Å². The van der Waals surface area contributed by atoms with Gasteiger partial charge in [-0.05, 0) is 37.0 Å². The van der Waals surface area contributed by atoms with Gasteiger partial charge in [-0.3, -0.25) is 0 Å². The molecule has 96 valence electrons. The van der Waals surface area contributed by atoms with Crippen molar-refractivity contribution in [2.24, 2.45) is 5.92 Å². The van der Waals surface area contributed by atoms with Crippen LogP contribution in [0.25, 0.3) is 0 Å². The van der Waals surface area contributed by atoms with E-state index in [1.54, 1.807) is 0 Å². The molecular formula is C15H19BrN2. The number of nitriles is 1. The van der Waals surface area contributed by atoms with Crippen LogP contribution in [-0.2, 0) is 0 Å². The van der Waals surface area contributed by atoms with E-state index >= 15 is 0 Å². The molecule has 0 aromatic heterocycles. The van der Waals surface area contributed by atoms with Gasteiger partial charge >= 0.3 is 0 Å². The van der Waals surface area contributed by atoms with Gasteiger partial charge in [0.15, 0.2) is 0 Å². The lowest BCUT2D eigenvalue weighted by molar-refractivity contribution is 0.259. The van der Waals surface area contributed by atoms with E-state index in [0.29, 0.717) is 5.92 Å². The highest BCUT2D eigenvalue weighted by molar-refractivity contribution is 9.10. The molecule has 0 radical (unpaired) electrons. The second-order valence-corrected chi connectivity index (χ2v) is 5.99. The summed E-state index contributed by atoms with van der Waals surface area (Å²) in [6.07, 6.45) is 5.57. The number of hydrogen-bond donors (Lipinski definition) is 1. The summed E-state index contributed by atoms with van der Waals surface area (Å²) < 4.78 is 1.05. The molecule has 0 aliphatic heterocycles. The molecule has 3 heteroatoms. The fraction of sp³-hybridized carbons (Fsp3) is 0.533. The van der Waals surface area contributed by atoms with Gasteiger partial charge < -0.3 is 5.32 Å². The van der Waals surface area contributed by atoms with Gasteiger partial charge in [0.05, 0.1) is 6.07 Å². The van der Waals surface area contributed by atoms with Gasteiger partial charge in [0, 0.05) is 10.2 Å². The molecule has 0 spiro atoms. The Balaban J connectivity index is 2.24. The van der Waals surface area contributed by atoms with Crippen molar-refractivity contribution in [2.75, 3.05) is 5.32 Å². The summed E-state index contributed by atoms with van der Waals surface area (Å²) in [5.74, 6) is 0.454. The summed E-state index contributed by atoms with van der Waals surface area (Å²) >= 11 is 3.48. The van der Waals surface area contributed by atoms with Crippen LogP contribution in [0.15, 0.2) is 28.7 Å². The maximum Gasteiger partial charge on any atom is 0.128 e. The van der Waals surface area contributed by atoms with E-state index in [1.165, 1.54) is 6.42 Å². The van der Waals surface area contributed by atoms with Crippen molar-refractivity contribution in [3.63, 3.8) is 0 Å². The summed E-state index contributed by atoms with van der Waals surface area (Å²) in [7, 11) is 0. The fourth-order valence-electron chi connectivity index (χ4n) is 2.96. The van der Waals surface area contributed by atoms with E-state index in [0.717, 1.165) is 35.8 Å². The first-order valence-corrected chi connectivity index (χ1v) is 7.44. The average Bonchev–Trinajstić information content (AvgIpc) is 2.39. The van der Waals surface area contributed by atoms with Gasteiger partial charge in [-0.25, -0.2) is 0 Å². The number of hydrogen-bond acceptors (Lipinski definition) is 2. The number of rotatable bonds is 3. The predicted molar refractivity (Wildman–Crippen MR) is 78.4 cm³/mol. The molecule has 2 nitrogen and oxygen atoms in total. The van der Waals surface area contributed by atoms with Crippen molar-refractivity contribution >= 4 is 21.6 Å². The van der Waals surface area contributed by atoms with Crippen LogP contribution < -0.4 is 5.32 Å². The molecule has 2 unspecified atom stereocenters. The van der Waals surface area contributed by atoms with Gasteiger partial charge in [0.2, 0.25) is 0 Å². The third kappa shape index (κ3) is 2.70. The largest absolute Gasteiger partial charge is 0.367 e. The summed E-state index contributed by atoms with van der Waals surface area (Å²) in [5.41, 5.74) is 0.652. The van der Waals surface area contributed by atoms with Gasteiger partial charge in [0.25, 0.3) is 0 Å². The summed E-state index contributed by atoms with van der Waals surface area (Å²) in [4.78, 5) is 0. The Hall–Kier alpha value is -1.01. The van der Waals surface area contributed by atoms with Crippen molar-refractivity contribution in [1.82, 2.24) is 0 Å². The zero-order valence-electron chi connectivity index (χ0n) is 10.7. The van der Waals surface area contributed by atoms with Crippen LogP contribution >= 0.6 is 15.9 Å². The zero-order chi connectivity index (χ0) is 13.0. The van der Waals surface area contributed by atoms with Crippen LogP contribution in [-0.4, -0.2) is 5.54 Å². The number of nitrogens with zero attached hydrogens (tertiary/aromatic N) is 1. The Morgan fingerprint density at radius 3 is 3.00 bits per heavy atom. The molecule has 0 bridgehead atoms. The molecule has 1 aliphatic carbocycles. The first-order valence-electron chi connectivity index (χ1n) is 6.65. The van der Waals surface area contributed by atoms with E-state index in [2.05, 4.69) is 34.2 Å². The van der Waals surface area contributed by atoms with Crippen LogP contribution in [0.2, 0.25) is 0 Å². The summed E-state index contributed by atoms with van der Waals surface area (Å²) in [6.45, 7) is 2.19. The van der Waals surface area contributed by atoms with Gasteiger partial charge in [-0.15, -0.1) is 0 Å². The molecule has 1 aromatic rings. The molecule has 1 fully saturated rings. The van der Waals surface area contributed by atoms with Crippen molar-refractivity contribution in [3.8, 4) is 6.07 Å². The number of anilines is 1. The third-order valence-electron chi connectivity index (χ3n) is 3.95. The van der Waals surface area contributed by atoms with Crippen LogP contribution in [0.4, 0.5) is 5.69 Å². The zero-order valence-corrected chi connectivity index (χ0v) is 12.3. The van der Waals surface area contributed by atoms with Crippen LogP contribution in [0.3, 0.4) is 0 Å². The normalized spacial score (nSPS) is 27.5. The SMILES string of the molecule is CCC1CCCCC1(C#N)Nc1cccc(Br)c1. The molecule has 0 heterocycles. The number of benzene rings is 1. The number of nitrogens with one attached hydrogen (secondary N) is 1. The van der Waals surface area contributed by atoms with Crippen molar-refractivity contribution < 1.29 is 0 Å². The smallest absolute Gasteiger partial charge is 0.128 e. The highest BCUT2D eigenvalue weighted by atomic mass is 79.9. The topological polar surface area (TPSA) is 35.8 Å². The highest BCUT2D eigenvalue weighted by Crippen LogP contribution is 2.38. The Kier molecular flexibility index (Phi) is 4.29. The van der Waals surface area contributed by atoms with E-state index in [4.69, 9.17) is 0 Å².